The zero-order valence-corrected chi connectivity index (χ0v) is 19.8. The average molecular weight is 459 g/mol. The molecule has 1 aromatic heterocycles. The van der Waals surface area contributed by atoms with Crippen LogP contribution in [0, 0.1) is 0 Å². The van der Waals surface area contributed by atoms with E-state index in [1.165, 1.54) is 6.92 Å². The van der Waals surface area contributed by atoms with Crippen LogP contribution in [-0.2, 0) is 23.8 Å². The molecule has 31 heavy (non-hydrogen) atoms. The summed E-state index contributed by atoms with van der Waals surface area (Å²) >= 11 is 1.07. The van der Waals surface area contributed by atoms with Gasteiger partial charge in [-0.1, -0.05) is 6.92 Å². The van der Waals surface area contributed by atoms with Gasteiger partial charge in [-0.05, 0) is 34.1 Å². The first-order valence-electron chi connectivity index (χ1n) is 10.6. The highest BCUT2D eigenvalue weighted by atomic mass is 32.1. The molecule has 0 aromatic carbocycles. The summed E-state index contributed by atoms with van der Waals surface area (Å²) in [5.41, 5.74) is -0.176. The zero-order chi connectivity index (χ0) is 22.9. The number of rotatable bonds is 11. The molecular weight excluding hydrogens is 424 g/mol. The van der Waals surface area contributed by atoms with Crippen molar-refractivity contribution in [1.82, 2.24) is 14.1 Å². The lowest BCUT2D eigenvalue weighted by Crippen LogP contribution is -2.45. The van der Waals surface area contributed by atoms with Gasteiger partial charge in [0.1, 0.15) is 12.7 Å². The molecule has 1 aliphatic heterocycles. The van der Waals surface area contributed by atoms with Gasteiger partial charge in [0.05, 0.1) is 24.9 Å². The van der Waals surface area contributed by atoms with Gasteiger partial charge in [-0.2, -0.15) is 4.37 Å². The summed E-state index contributed by atoms with van der Waals surface area (Å²) in [6, 6.07) is 0. The molecule has 0 bridgehead atoms. The summed E-state index contributed by atoms with van der Waals surface area (Å²) in [6.07, 6.45) is -0.671. The maximum atomic E-state index is 12.5. The molecule has 0 spiro atoms. The fourth-order valence-corrected chi connectivity index (χ4v) is 3.25. The normalized spacial score (nSPS) is 16.5. The highest BCUT2D eigenvalue weighted by molar-refractivity contribution is 6.99. The Morgan fingerprint density at radius 3 is 2.58 bits per heavy atom. The smallest absolute Gasteiger partial charge is 0.347 e. The van der Waals surface area contributed by atoms with E-state index in [1.54, 1.807) is 0 Å². The highest BCUT2D eigenvalue weighted by Gasteiger charge is 2.26. The molecule has 176 valence electrons. The van der Waals surface area contributed by atoms with Crippen LogP contribution >= 0.6 is 11.7 Å². The van der Waals surface area contributed by atoms with Crippen LogP contribution < -0.4 is 15.0 Å². The molecule has 2 atom stereocenters. The van der Waals surface area contributed by atoms with Gasteiger partial charge >= 0.3 is 11.9 Å². The fraction of sp³-hybridized carbons (Fsp3) is 0.800. The van der Waals surface area contributed by atoms with Gasteiger partial charge < -0.3 is 29.2 Å². The van der Waals surface area contributed by atoms with Crippen molar-refractivity contribution in [2.24, 2.45) is 0 Å². The Labute approximate surface area is 187 Å². The monoisotopic (exact) mass is 458 g/mol. The number of hydrogen-bond donors (Lipinski definition) is 1. The van der Waals surface area contributed by atoms with E-state index in [4.69, 9.17) is 18.9 Å². The third kappa shape index (κ3) is 8.96. The van der Waals surface area contributed by atoms with E-state index in [-0.39, 0.29) is 18.6 Å². The molecule has 2 rings (SSSR count). The lowest BCUT2D eigenvalue weighted by atomic mass is 10.1. The number of morpholine rings is 1. The van der Waals surface area contributed by atoms with Crippen molar-refractivity contribution in [3.05, 3.63) is 0 Å². The van der Waals surface area contributed by atoms with Gasteiger partial charge in [-0.3, -0.25) is 4.79 Å². The Bertz CT molecular complexity index is 702. The number of ether oxygens (including phenoxy) is 4. The van der Waals surface area contributed by atoms with E-state index >= 15 is 0 Å². The topological polar surface area (TPSA) is 112 Å². The fourth-order valence-electron chi connectivity index (χ4n) is 2.73. The Morgan fingerprint density at radius 1 is 1.23 bits per heavy atom. The van der Waals surface area contributed by atoms with Gasteiger partial charge in [0.25, 0.3) is 5.88 Å². The van der Waals surface area contributed by atoms with Gasteiger partial charge in [0, 0.05) is 31.6 Å². The van der Waals surface area contributed by atoms with E-state index in [2.05, 4.69) is 19.0 Å². The summed E-state index contributed by atoms with van der Waals surface area (Å²) in [6.45, 7) is 12.6. The summed E-state index contributed by atoms with van der Waals surface area (Å²) in [5, 5.41) is 3.31. The zero-order valence-electron chi connectivity index (χ0n) is 19.0. The minimum absolute atomic E-state index is 0.0905. The largest absolute Gasteiger partial charge is 0.470 e. The number of aromatic nitrogens is 2. The Hall–Kier alpha value is -1.98. The number of anilines is 1. The maximum Gasteiger partial charge on any atom is 0.347 e. The van der Waals surface area contributed by atoms with E-state index in [0.717, 1.165) is 11.7 Å². The first-order chi connectivity index (χ1) is 14.7. The number of esters is 2. The van der Waals surface area contributed by atoms with Crippen molar-refractivity contribution >= 4 is 29.5 Å². The van der Waals surface area contributed by atoms with Crippen LogP contribution in [0.5, 0.6) is 5.88 Å². The Kier molecular flexibility index (Phi) is 9.92. The second-order valence-electron chi connectivity index (χ2n) is 8.38. The summed E-state index contributed by atoms with van der Waals surface area (Å²) in [5.74, 6) is 0.0463. The molecule has 1 saturated heterocycles. The van der Waals surface area contributed by atoms with Crippen molar-refractivity contribution < 1.29 is 28.5 Å². The van der Waals surface area contributed by atoms with Crippen molar-refractivity contribution in [3.8, 4) is 5.88 Å². The number of carbonyl (C=O) groups excluding carboxylic acids is 2. The minimum Gasteiger partial charge on any atom is -0.470 e. The van der Waals surface area contributed by atoms with Crippen LogP contribution in [-0.4, -0.2) is 77.9 Å². The molecule has 1 fully saturated rings. The maximum absolute atomic E-state index is 12.5. The predicted octanol–water partition coefficient (Wildman–Crippen LogP) is 1.79. The van der Waals surface area contributed by atoms with Crippen LogP contribution in [0.15, 0.2) is 0 Å². The van der Waals surface area contributed by atoms with Crippen molar-refractivity contribution in [1.29, 1.82) is 0 Å². The predicted molar refractivity (Wildman–Crippen MR) is 117 cm³/mol. The first-order valence-corrected chi connectivity index (χ1v) is 11.4. The van der Waals surface area contributed by atoms with Gasteiger partial charge in [-0.15, -0.1) is 4.37 Å². The molecule has 0 aliphatic carbocycles. The SMILES string of the molecule is CCCC(=O)OC(C)C(=O)OC(CNC(C)(C)C)COc1nsnc1N1CCOCC1. The van der Waals surface area contributed by atoms with Crippen LogP contribution in [0.3, 0.4) is 0 Å². The number of nitrogens with zero attached hydrogens (tertiary/aromatic N) is 3. The second kappa shape index (κ2) is 12.2. The molecular formula is C20H34N4O6S. The third-order valence-electron chi connectivity index (χ3n) is 4.40. The third-order valence-corrected chi connectivity index (χ3v) is 4.90. The molecule has 10 nitrogen and oxygen atoms in total. The lowest BCUT2D eigenvalue weighted by molar-refractivity contribution is -0.171. The number of hydrogen-bond acceptors (Lipinski definition) is 11. The van der Waals surface area contributed by atoms with Crippen LogP contribution in [0.4, 0.5) is 5.82 Å². The minimum atomic E-state index is -0.985. The molecule has 2 heterocycles. The molecule has 1 aromatic rings. The van der Waals surface area contributed by atoms with E-state index in [0.29, 0.717) is 51.0 Å². The highest BCUT2D eigenvalue weighted by Crippen LogP contribution is 2.26. The lowest BCUT2D eigenvalue weighted by Gasteiger charge is -2.28. The van der Waals surface area contributed by atoms with E-state index in [9.17, 15) is 9.59 Å². The molecule has 1 aliphatic rings. The van der Waals surface area contributed by atoms with Gasteiger partial charge in [0.15, 0.2) is 6.10 Å². The van der Waals surface area contributed by atoms with Crippen LogP contribution in [0.25, 0.3) is 0 Å². The van der Waals surface area contributed by atoms with Crippen LogP contribution in [0.1, 0.15) is 47.5 Å². The quantitative estimate of drug-likeness (QED) is 0.492. The summed E-state index contributed by atoms with van der Waals surface area (Å²) < 4.78 is 30.6. The first kappa shape index (κ1) is 25.3. The van der Waals surface area contributed by atoms with E-state index < -0.39 is 24.1 Å². The van der Waals surface area contributed by atoms with Gasteiger partial charge in [-0.25, -0.2) is 4.79 Å². The second-order valence-corrected chi connectivity index (χ2v) is 8.90. The molecule has 11 heteroatoms. The Balaban J connectivity index is 1.97. The molecule has 1 N–H and O–H groups in total. The van der Waals surface area contributed by atoms with Crippen molar-refractivity contribution in [3.63, 3.8) is 0 Å². The van der Waals surface area contributed by atoms with E-state index in [1.807, 2.05) is 27.7 Å². The van der Waals surface area contributed by atoms with Crippen LogP contribution in [0.2, 0.25) is 0 Å². The summed E-state index contributed by atoms with van der Waals surface area (Å²) in [7, 11) is 0. The molecule has 0 radical (unpaired) electrons. The molecule has 0 amide bonds. The standard InChI is InChI=1S/C20H34N4O6S/c1-6-7-16(25)29-14(2)19(26)30-15(12-21-20(3,4)5)13-28-18-17(22-31-23-18)24-8-10-27-11-9-24/h14-15,21H,6-13H2,1-5H3. The number of nitrogens with one attached hydrogen (secondary N) is 1. The average Bonchev–Trinajstić information content (AvgIpc) is 3.18. The van der Waals surface area contributed by atoms with Gasteiger partial charge in [0.2, 0.25) is 5.82 Å². The van der Waals surface area contributed by atoms with Crippen molar-refractivity contribution in [2.75, 3.05) is 44.4 Å². The summed E-state index contributed by atoms with van der Waals surface area (Å²) in [4.78, 5) is 26.2. The number of carbonyl (C=O) groups is 2. The van der Waals surface area contributed by atoms with Crippen molar-refractivity contribution in [2.45, 2.75) is 65.2 Å². The Morgan fingerprint density at radius 2 is 1.94 bits per heavy atom. The molecule has 0 saturated carbocycles. The molecule has 2 unspecified atom stereocenters.